The van der Waals surface area contributed by atoms with E-state index in [1.54, 1.807) is 0 Å². The summed E-state index contributed by atoms with van der Waals surface area (Å²) in [5.74, 6) is 0. The van der Waals surface area contributed by atoms with Crippen molar-refractivity contribution in [2.75, 3.05) is 0 Å². The zero-order chi connectivity index (χ0) is 10.7. The molecule has 0 aliphatic rings. The molecule has 1 heterocycles. The monoisotopic (exact) mass is 197 g/mol. The van der Waals surface area contributed by atoms with Gasteiger partial charge in [-0.25, -0.2) is 4.68 Å². The molecule has 0 radical (unpaired) electrons. The second kappa shape index (κ2) is 3.97. The predicted molar refractivity (Wildman–Crippen MR) is 57.6 cm³/mol. The van der Waals surface area contributed by atoms with Crippen LogP contribution in [-0.4, -0.2) is 9.78 Å². The second-order valence-corrected chi connectivity index (χ2v) is 3.47. The summed E-state index contributed by atoms with van der Waals surface area (Å²) in [6.45, 7) is 2.00. The minimum atomic E-state index is 0.439. The number of benzene rings is 1. The van der Waals surface area contributed by atoms with Gasteiger partial charge in [0.25, 0.3) is 0 Å². The summed E-state index contributed by atoms with van der Waals surface area (Å²) in [5, 5.41) is 12.8. The van der Waals surface area contributed by atoms with Crippen molar-refractivity contribution >= 4 is 0 Å². The zero-order valence-corrected chi connectivity index (χ0v) is 8.51. The lowest BCUT2D eigenvalue weighted by molar-refractivity contribution is 0.878. The maximum atomic E-state index is 8.61. The van der Waals surface area contributed by atoms with Gasteiger partial charge in [-0.15, -0.1) is 0 Å². The molecule has 1 aromatic carbocycles. The lowest BCUT2D eigenvalue weighted by Crippen LogP contribution is -1.95. The van der Waals surface area contributed by atoms with Crippen molar-refractivity contribution in [2.24, 2.45) is 0 Å². The highest BCUT2D eigenvalue weighted by atomic mass is 15.3. The van der Waals surface area contributed by atoms with Gasteiger partial charge in [-0.3, -0.25) is 0 Å². The van der Waals surface area contributed by atoms with E-state index in [9.17, 15) is 0 Å². The van der Waals surface area contributed by atoms with Crippen LogP contribution in [0.1, 0.15) is 11.1 Å². The predicted octanol–water partition coefficient (Wildman–Crippen LogP) is 2.25. The lowest BCUT2D eigenvalue weighted by atomic mass is 10.1. The first-order chi connectivity index (χ1) is 7.29. The Morgan fingerprint density at radius 2 is 2.33 bits per heavy atom. The number of rotatable bonds is 2. The first kappa shape index (κ1) is 9.47. The van der Waals surface area contributed by atoms with E-state index >= 15 is 0 Å². The average Bonchev–Trinajstić information content (AvgIpc) is 2.66. The van der Waals surface area contributed by atoms with Crippen molar-refractivity contribution < 1.29 is 0 Å². The Hall–Kier alpha value is -2.08. The quantitative estimate of drug-likeness (QED) is 0.740. The SMILES string of the molecule is Cc1cnn(-c2cccc(CC#N)c2)c1. The molecule has 0 atom stereocenters. The van der Waals surface area contributed by atoms with Crippen LogP contribution in [0.2, 0.25) is 0 Å². The van der Waals surface area contributed by atoms with Gasteiger partial charge in [0.1, 0.15) is 0 Å². The Balaban J connectivity index is 2.37. The first-order valence-corrected chi connectivity index (χ1v) is 4.77. The van der Waals surface area contributed by atoms with Crippen LogP contribution in [0.3, 0.4) is 0 Å². The van der Waals surface area contributed by atoms with Crippen LogP contribution < -0.4 is 0 Å². The van der Waals surface area contributed by atoms with E-state index in [4.69, 9.17) is 5.26 Å². The van der Waals surface area contributed by atoms with Crippen LogP contribution in [0.4, 0.5) is 0 Å². The van der Waals surface area contributed by atoms with Crippen molar-refractivity contribution in [1.82, 2.24) is 9.78 Å². The van der Waals surface area contributed by atoms with Gasteiger partial charge in [-0.05, 0) is 30.2 Å². The Bertz CT molecular complexity index is 506. The molecule has 3 nitrogen and oxygen atoms in total. The minimum absolute atomic E-state index is 0.439. The fourth-order valence-corrected chi connectivity index (χ4v) is 1.45. The van der Waals surface area contributed by atoms with Gasteiger partial charge < -0.3 is 0 Å². The van der Waals surface area contributed by atoms with E-state index in [0.29, 0.717) is 6.42 Å². The molecule has 0 aliphatic heterocycles. The highest BCUT2D eigenvalue weighted by Crippen LogP contribution is 2.10. The molecular formula is C12H11N3. The average molecular weight is 197 g/mol. The molecule has 2 aromatic rings. The normalized spacial score (nSPS) is 9.87. The number of hydrogen-bond donors (Lipinski definition) is 0. The molecule has 0 bridgehead atoms. The second-order valence-electron chi connectivity index (χ2n) is 3.47. The molecule has 74 valence electrons. The van der Waals surface area contributed by atoms with Crippen molar-refractivity contribution in [3.63, 3.8) is 0 Å². The van der Waals surface area contributed by atoms with E-state index in [2.05, 4.69) is 11.2 Å². The Kier molecular flexibility index (Phi) is 2.51. The summed E-state index contributed by atoms with van der Waals surface area (Å²) < 4.78 is 1.82. The number of aryl methyl sites for hydroxylation is 1. The standard InChI is InChI=1S/C12H11N3/c1-10-8-14-15(9-10)12-4-2-3-11(7-12)5-6-13/h2-4,7-9H,5H2,1H3. The van der Waals surface area contributed by atoms with Gasteiger partial charge in [-0.1, -0.05) is 12.1 Å². The van der Waals surface area contributed by atoms with E-state index in [-0.39, 0.29) is 0 Å². The fourth-order valence-electron chi connectivity index (χ4n) is 1.45. The molecule has 3 heteroatoms. The van der Waals surface area contributed by atoms with Crippen LogP contribution in [0.5, 0.6) is 0 Å². The van der Waals surface area contributed by atoms with Crippen molar-refractivity contribution in [1.29, 1.82) is 5.26 Å². The highest BCUT2D eigenvalue weighted by molar-refractivity contribution is 5.36. The van der Waals surface area contributed by atoms with Gasteiger partial charge in [0.15, 0.2) is 0 Å². The van der Waals surface area contributed by atoms with Gasteiger partial charge in [-0.2, -0.15) is 10.4 Å². The van der Waals surface area contributed by atoms with Crippen LogP contribution in [0.25, 0.3) is 5.69 Å². The van der Waals surface area contributed by atoms with E-state index in [1.165, 1.54) is 0 Å². The molecule has 2 rings (SSSR count). The Morgan fingerprint density at radius 3 is 3.00 bits per heavy atom. The summed E-state index contributed by atoms with van der Waals surface area (Å²) >= 11 is 0. The summed E-state index contributed by atoms with van der Waals surface area (Å²) in [5.41, 5.74) is 3.14. The molecule has 0 fully saturated rings. The van der Waals surface area contributed by atoms with Crippen LogP contribution in [-0.2, 0) is 6.42 Å². The van der Waals surface area contributed by atoms with Crippen LogP contribution >= 0.6 is 0 Å². The van der Waals surface area contributed by atoms with E-state index in [0.717, 1.165) is 16.8 Å². The van der Waals surface area contributed by atoms with Crippen LogP contribution in [0, 0.1) is 18.3 Å². The number of aromatic nitrogens is 2. The molecule has 0 saturated carbocycles. The lowest BCUT2D eigenvalue weighted by Gasteiger charge is -2.02. The van der Waals surface area contributed by atoms with Crippen molar-refractivity contribution in [3.8, 4) is 11.8 Å². The van der Waals surface area contributed by atoms with Gasteiger partial charge >= 0.3 is 0 Å². The Morgan fingerprint density at radius 1 is 1.47 bits per heavy atom. The summed E-state index contributed by atoms with van der Waals surface area (Å²) in [6.07, 6.45) is 4.22. The molecule has 1 aromatic heterocycles. The smallest absolute Gasteiger partial charge is 0.0669 e. The maximum Gasteiger partial charge on any atom is 0.0669 e. The number of nitrogens with zero attached hydrogens (tertiary/aromatic N) is 3. The first-order valence-electron chi connectivity index (χ1n) is 4.77. The van der Waals surface area contributed by atoms with Crippen LogP contribution in [0.15, 0.2) is 36.7 Å². The third-order valence-corrected chi connectivity index (χ3v) is 2.17. The summed E-state index contributed by atoms with van der Waals surface area (Å²) in [6, 6.07) is 9.99. The number of hydrogen-bond acceptors (Lipinski definition) is 2. The van der Waals surface area contributed by atoms with E-state index < -0.39 is 0 Å². The van der Waals surface area contributed by atoms with Gasteiger partial charge in [0, 0.05) is 6.20 Å². The fraction of sp³-hybridized carbons (Fsp3) is 0.167. The molecular weight excluding hydrogens is 186 g/mol. The highest BCUT2D eigenvalue weighted by Gasteiger charge is 1.99. The zero-order valence-electron chi connectivity index (χ0n) is 8.51. The summed E-state index contributed by atoms with van der Waals surface area (Å²) in [7, 11) is 0. The van der Waals surface area contributed by atoms with E-state index in [1.807, 2.05) is 48.3 Å². The van der Waals surface area contributed by atoms with Gasteiger partial charge in [0.2, 0.25) is 0 Å². The molecule has 0 saturated heterocycles. The Labute approximate surface area is 88.6 Å². The molecule has 0 N–H and O–H groups in total. The topological polar surface area (TPSA) is 41.6 Å². The minimum Gasteiger partial charge on any atom is -0.241 e. The molecule has 15 heavy (non-hydrogen) atoms. The molecule has 0 amide bonds. The molecule has 0 aliphatic carbocycles. The maximum absolute atomic E-state index is 8.61. The molecule has 0 spiro atoms. The van der Waals surface area contributed by atoms with Gasteiger partial charge in [0.05, 0.1) is 24.4 Å². The molecule has 0 unspecified atom stereocenters. The largest absolute Gasteiger partial charge is 0.241 e. The summed E-state index contributed by atoms with van der Waals surface area (Å²) in [4.78, 5) is 0. The third-order valence-electron chi connectivity index (χ3n) is 2.17. The number of nitriles is 1. The third kappa shape index (κ3) is 2.05. The van der Waals surface area contributed by atoms with Crippen molar-refractivity contribution in [3.05, 3.63) is 47.8 Å². The van der Waals surface area contributed by atoms with Crippen molar-refractivity contribution in [2.45, 2.75) is 13.3 Å².